The van der Waals surface area contributed by atoms with Crippen molar-refractivity contribution in [3.05, 3.63) is 29.8 Å². The highest BCUT2D eigenvalue weighted by Gasteiger charge is 2.41. The van der Waals surface area contributed by atoms with Gasteiger partial charge in [0, 0.05) is 13.1 Å². The van der Waals surface area contributed by atoms with Crippen LogP contribution in [0.15, 0.2) is 24.3 Å². The van der Waals surface area contributed by atoms with Crippen molar-refractivity contribution < 1.29 is 32.5 Å². The summed E-state index contributed by atoms with van der Waals surface area (Å²) in [6.45, 7) is 1.09. The van der Waals surface area contributed by atoms with Crippen molar-refractivity contribution in [2.24, 2.45) is 0 Å². The van der Waals surface area contributed by atoms with Crippen LogP contribution in [0.3, 0.4) is 0 Å². The molecule has 2 aliphatic heterocycles. The number of ether oxygens (including phenoxy) is 2. The molecule has 1 N–H and O–H groups in total. The van der Waals surface area contributed by atoms with Crippen molar-refractivity contribution in [1.82, 2.24) is 4.90 Å². The van der Waals surface area contributed by atoms with Crippen molar-refractivity contribution in [2.75, 3.05) is 19.7 Å². The number of halogens is 3. The van der Waals surface area contributed by atoms with Crippen LogP contribution >= 0.6 is 0 Å². The molecule has 1 aromatic rings. The number of alkyl halides is 3. The second kappa shape index (κ2) is 5.68. The largest absolute Gasteiger partial charge is 0.573 e. The summed E-state index contributed by atoms with van der Waals surface area (Å²) in [5.74, 6) is -0.463. The molecule has 0 spiro atoms. The Balaban J connectivity index is 1.69. The fraction of sp³-hybridized carbons (Fsp3) is 0.533. The van der Waals surface area contributed by atoms with Gasteiger partial charge in [0.1, 0.15) is 5.75 Å². The van der Waals surface area contributed by atoms with Crippen LogP contribution in [0.2, 0.25) is 0 Å². The van der Waals surface area contributed by atoms with E-state index in [2.05, 4.69) is 4.74 Å². The van der Waals surface area contributed by atoms with Crippen LogP contribution in [-0.4, -0.2) is 48.1 Å². The molecule has 2 aliphatic rings. The summed E-state index contributed by atoms with van der Waals surface area (Å²) in [4.78, 5) is 13.5. The lowest BCUT2D eigenvalue weighted by atomic mass is 9.84. The number of aliphatic hydroxyl groups is 1. The van der Waals surface area contributed by atoms with Crippen LogP contribution in [0.4, 0.5) is 13.2 Å². The van der Waals surface area contributed by atoms with Crippen LogP contribution in [0.1, 0.15) is 18.4 Å². The zero-order valence-corrected chi connectivity index (χ0v) is 12.2. The van der Waals surface area contributed by atoms with Gasteiger partial charge in [0.15, 0.2) is 6.10 Å². The van der Waals surface area contributed by atoms with Crippen molar-refractivity contribution in [3.8, 4) is 5.75 Å². The summed E-state index contributed by atoms with van der Waals surface area (Å²) in [6.07, 6.45) is -4.65. The van der Waals surface area contributed by atoms with Crippen LogP contribution in [0, 0.1) is 0 Å². The third-order valence-corrected chi connectivity index (χ3v) is 4.12. The summed E-state index contributed by atoms with van der Waals surface area (Å²) < 4.78 is 45.7. The summed E-state index contributed by atoms with van der Waals surface area (Å²) >= 11 is 0. The number of carbonyl (C=O) groups excluding carboxylic acids is 1. The van der Waals surface area contributed by atoms with Gasteiger partial charge in [-0.1, -0.05) is 12.1 Å². The molecule has 0 aromatic heterocycles. The zero-order chi connectivity index (χ0) is 16.7. The molecule has 1 unspecified atom stereocenters. The highest BCUT2D eigenvalue weighted by molar-refractivity contribution is 5.83. The smallest absolute Gasteiger partial charge is 0.406 e. The van der Waals surface area contributed by atoms with Crippen LogP contribution in [-0.2, 0) is 15.1 Å². The standard InChI is InChI=1S/C15H16F3NO4/c16-15(17,18)23-11-3-1-2-10(8-11)14(21)4-6-19(7-5-14)13(20)12-9-22-12/h1-3,8,12,21H,4-7,9H2. The first-order chi connectivity index (χ1) is 10.8. The van der Waals surface area contributed by atoms with Crippen LogP contribution in [0.5, 0.6) is 5.75 Å². The Morgan fingerprint density at radius 3 is 2.57 bits per heavy atom. The third kappa shape index (κ3) is 3.76. The predicted molar refractivity (Wildman–Crippen MR) is 72.6 cm³/mol. The van der Waals surface area contributed by atoms with E-state index in [-0.39, 0.29) is 30.6 Å². The first kappa shape index (κ1) is 16.1. The van der Waals surface area contributed by atoms with Gasteiger partial charge in [-0.15, -0.1) is 13.2 Å². The Morgan fingerprint density at radius 1 is 1.35 bits per heavy atom. The second-order valence-corrected chi connectivity index (χ2v) is 5.75. The molecule has 8 heteroatoms. The molecule has 0 saturated carbocycles. The van der Waals surface area contributed by atoms with Gasteiger partial charge < -0.3 is 19.5 Å². The molecule has 2 fully saturated rings. The Kier molecular flexibility index (Phi) is 3.97. The third-order valence-electron chi connectivity index (χ3n) is 4.12. The number of hydrogen-bond acceptors (Lipinski definition) is 4. The van der Waals surface area contributed by atoms with E-state index in [0.717, 1.165) is 0 Å². The van der Waals surface area contributed by atoms with Crippen molar-refractivity contribution in [1.29, 1.82) is 0 Å². The van der Waals surface area contributed by atoms with Crippen LogP contribution < -0.4 is 4.74 Å². The van der Waals surface area contributed by atoms with E-state index in [1.165, 1.54) is 18.2 Å². The molecule has 1 aromatic carbocycles. The maximum absolute atomic E-state index is 12.3. The van der Waals surface area contributed by atoms with Crippen molar-refractivity contribution >= 4 is 5.91 Å². The van der Waals surface area contributed by atoms with Gasteiger partial charge >= 0.3 is 6.36 Å². The zero-order valence-electron chi connectivity index (χ0n) is 12.2. The lowest BCUT2D eigenvalue weighted by molar-refractivity contribution is -0.274. The molecule has 0 bridgehead atoms. The molecule has 23 heavy (non-hydrogen) atoms. The fourth-order valence-corrected chi connectivity index (χ4v) is 2.76. The SMILES string of the molecule is O=C(C1CO1)N1CCC(O)(c2cccc(OC(F)(F)F)c2)CC1. The molecular weight excluding hydrogens is 315 g/mol. The summed E-state index contributed by atoms with van der Waals surface area (Å²) in [6, 6.07) is 5.34. The minimum Gasteiger partial charge on any atom is -0.406 e. The number of nitrogens with zero attached hydrogens (tertiary/aromatic N) is 1. The predicted octanol–water partition coefficient (Wildman–Crippen LogP) is 1.79. The summed E-state index contributed by atoms with van der Waals surface area (Å²) in [5, 5.41) is 10.7. The van der Waals surface area contributed by atoms with E-state index < -0.39 is 12.0 Å². The number of epoxide rings is 1. The van der Waals surface area contributed by atoms with Gasteiger partial charge in [-0.05, 0) is 30.5 Å². The van der Waals surface area contributed by atoms with Gasteiger partial charge in [-0.3, -0.25) is 4.79 Å². The van der Waals surface area contributed by atoms with E-state index in [0.29, 0.717) is 25.3 Å². The minimum absolute atomic E-state index is 0.0961. The van der Waals surface area contributed by atoms with Crippen LogP contribution in [0.25, 0.3) is 0 Å². The van der Waals surface area contributed by atoms with E-state index >= 15 is 0 Å². The van der Waals surface area contributed by atoms with E-state index in [1.807, 2.05) is 0 Å². The number of carbonyl (C=O) groups is 1. The highest BCUT2D eigenvalue weighted by Crippen LogP contribution is 2.35. The molecule has 2 saturated heterocycles. The molecular formula is C15H16F3NO4. The number of hydrogen-bond donors (Lipinski definition) is 1. The van der Waals surface area contributed by atoms with Gasteiger partial charge in [-0.2, -0.15) is 0 Å². The quantitative estimate of drug-likeness (QED) is 0.858. The van der Waals surface area contributed by atoms with Crippen molar-refractivity contribution in [2.45, 2.75) is 30.9 Å². The number of likely N-dealkylation sites (tertiary alicyclic amines) is 1. The molecule has 5 nitrogen and oxygen atoms in total. The number of piperidine rings is 1. The van der Waals surface area contributed by atoms with E-state index in [4.69, 9.17) is 4.74 Å². The number of amides is 1. The lowest BCUT2D eigenvalue weighted by Gasteiger charge is -2.38. The monoisotopic (exact) mass is 331 g/mol. The Labute approximate surface area is 130 Å². The second-order valence-electron chi connectivity index (χ2n) is 5.75. The van der Waals surface area contributed by atoms with Gasteiger partial charge in [0.25, 0.3) is 5.91 Å². The first-order valence-corrected chi connectivity index (χ1v) is 7.26. The average molecular weight is 331 g/mol. The average Bonchev–Trinajstić information content (AvgIpc) is 3.30. The topological polar surface area (TPSA) is 62.3 Å². The molecule has 2 heterocycles. The molecule has 3 rings (SSSR count). The molecule has 1 amide bonds. The molecule has 0 radical (unpaired) electrons. The number of rotatable bonds is 3. The van der Waals surface area contributed by atoms with E-state index in [1.54, 1.807) is 11.0 Å². The van der Waals surface area contributed by atoms with E-state index in [9.17, 15) is 23.1 Å². The Hall–Kier alpha value is -1.80. The van der Waals surface area contributed by atoms with Gasteiger partial charge in [0.05, 0.1) is 12.2 Å². The van der Waals surface area contributed by atoms with Gasteiger partial charge in [-0.25, -0.2) is 0 Å². The summed E-state index contributed by atoms with van der Waals surface area (Å²) in [7, 11) is 0. The molecule has 0 aliphatic carbocycles. The summed E-state index contributed by atoms with van der Waals surface area (Å²) in [5.41, 5.74) is -0.916. The normalized spacial score (nSPS) is 23.5. The highest BCUT2D eigenvalue weighted by atomic mass is 19.4. The fourth-order valence-electron chi connectivity index (χ4n) is 2.76. The maximum Gasteiger partial charge on any atom is 0.573 e. The lowest BCUT2D eigenvalue weighted by Crippen LogP contribution is -2.46. The Bertz CT molecular complexity index is 593. The first-order valence-electron chi connectivity index (χ1n) is 7.26. The van der Waals surface area contributed by atoms with Crippen molar-refractivity contribution in [3.63, 3.8) is 0 Å². The molecule has 126 valence electrons. The van der Waals surface area contributed by atoms with Gasteiger partial charge in [0.2, 0.25) is 0 Å². The Morgan fingerprint density at radius 2 is 2.00 bits per heavy atom. The number of benzene rings is 1. The molecule has 1 atom stereocenters. The minimum atomic E-state index is -4.78. The maximum atomic E-state index is 12.3.